The van der Waals surface area contributed by atoms with Gasteiger partial charge in [0.2, 0.25) is 0 Å². The van der Waals surface area contributed by atoms with Crippen molar-refractivity contribution < 1.29 is 4.79 Å². The highest BCUT2D eigenvalue weighted by molar-refractivity contribution is 9.18. The quantitative estimate of drug-likeness (QED) is 0.376. The molecule has 6 heteroatoms. The number of nitrogens with one attached hydrogen (secondary N) is 4. The number of rotatable bonds is 0. The predicted molar refractivity (Wildman–Crippen MR) is 59.0 cm³/mol. The Labute approximate surface area is 81.4 Å². The molecule has 0 rings (SSSR count). The lowest BCUT2D eigenvalue weighted by Crippen LogP contribution is -1.60. The van der Waals surface area contributed by atoms with Crippen LogP contribution in [0, 0.1) is 21.6 Å². The average molecular weight is 239 g/mol. The van der Waals surface area contributed by atoms with Gasteiger partial charge in [-0.3, -0.25) is 4.79 Å². The van der Waals surface area contributed by atoms with Crippen molar-refractivity contribution in [2.45, 2.75) is 6.92 Å². The Bertz CT molecular complexity index is 69.9. The van der Waals surface area contributed by atoms with Crippen LogP contribution in [-0.4, -0.2) is 31.6 Å². The van der Waals surface area contributed by atoms with Crippen molar-refractivity contribution in [2.75, 3.05) is 0 Å². The van der Waals surface area contributed by atoms with E-state index in [-0.39, 0.29) is 4.69 Å². The van der Waals surface area contributed by atoms with Gasteiger partial charge in [0.1, 0.15) is 0 Å². The Hall–Kier alpha value is -1.17. The van der Waals surface area contributed by atoms with Gasteiger partial charge in [-0.2, -0.15) is 0 Å². The van der Waals surface area contributed by atoms with Crippen molar-refractivity contribution in [1.29, 1.82) is 21.6 Å². The van der Waals surface area contributed by atoms with E-state index in [4.69, 9.17) is 21.6 Å². The van der Waals surface area contributed by atoms with Crippen LogP contribution in [0.15, 0.2) is 0 Å². The number of hydrogen-bond donors (Lipinski definition) is 4. The molecule has 5 nitrogen and oxygen atoms in total. The SMILES string of the molecule is C=N.C=N.C=N.C=N.CC(=O)Br. The molecule has 0 radical (unpaired) electrons. The second-order valence-corrected chi connectivity index (χ2v) is 1.59. The number of hydrogen-bond acceptors (Lipinski definition) is 5. The molecule has 0 aliphatic carbocycles. The molecular formula is C6H15BrN4O. The zero-order valence-corrected chi connectivity index (χ0v) is 8.70. The molecule has 4 N–H and O–H groups in total. The van der Waals surface area contributed by atoms with Crippen molar-refractivity contribution in [1.82, 2.24) is 0 Å². The first-order valence-electron chi connectivity index (χ1n) is 2.31. The van der Waals surface area contributed by atoms with Crippen LogP contribution in [0.4, 0.5) is 0 Å². The largest absolute Gasteiger partial charge is 0.317 e. The highest BCUT2D eigenvalue weighted by Crippen LogP contribution is 1.74. The minimum absolute atomic E-state index is 0.0208. The van der Waals surface area contributed by atoms with Crippen molar-refractivity contribution >= 4 is 47.5 Å². The summed E-state index contributed by atoms with van der Waals surface area (Å²) >= 11 is 2.63. The number of halogens is 1. The van der Waals surface area contributed by atoms with Crippen LogP contribution in [-0.2, 0) is 4.79 Å². The van der Waals surface area contributed by atoms with Crippen LogP contribution in [0.3, 0.4) is 0 Å². The third-order valence-corrected chi connectivity index (χ3v) is 0. The van der Waals surface area contributed by atoms with Crippen LogP contribution in [0.25, 0.3) is 0 Å². The van der Waals surface area contributed by atoms with Gasteiger partial charge in [-0.15, -0.1) is 0 Å². The van der Waals surface area contributed by atoms with Gasteiger partial charge < -0.3 is 21.6 Å². The van der Waals surface area contributed by atoms with Crippen LogP contribution >= 0.6 is 15.9 Å². The summed E-state index contributed by atoms with van der Waals surface area (Å²) in [6.07, 6.45) is 0. The molecule has 0 atom stereocenters. The van der Waals surface area contributed by atoms with Crippen LogP contribution < -0.4 is 0 Å². The highest BCUT2D eigenvalue weighted by atomic mass is 79.9. The normalized spacial score (nSPS) is 3.50. The zero-order chi connectivity index (χ0) is 11.6. The first-order chi connectivity index (χ1) is 5.73. The first-order valence-corrected chi connectivity index (χ1v) is 3.10. The maximum atomic E-state index is 9.36. The average Bonchev–Trinajstić information content (AvgIpc) is 2.16. The molecule has 0 aromatic rings. The van der Waals surface area contributed by atoms with Gasteiger partial charge in [0.15, 0.2) is 4.69 Å². The van der Waals surface area contributed by atoms with Gasteiger partial charge in [0.05, 0.1) is 0 Å². The van der Waals surface area contributed by atoms with Gasteiger partial charge in [0.25, 0.3) is 0 Å². The standard InChI is InChI=1S/C2H3BrO.4CH3N/c1-2(3)4;4*1-2/h1H3;4*2H,1H2. The fourth-order valence-corrected chi connectivity index (χ4v) is 0. The van der Waals surface area contributed by atoms with E-state index in [0.717, 1.165) is 0 Å². The summed E-state index contributed by atoms with van der Waals surface area (Å²) in [6.45, 7) is 11.4. The van der Waals surface area contributed by atoms with E-state index < -0.39 is 0 Å². The smallest absolute Gasteiger partial charge is 0.194 e. The van der Waals surface area contributed by atoms with E-state index in [9.17, 15) is 4.79 Å². The summed E-state index contributed by atoms with van der Waals surface area (Å²) in [5.41, 5.74) is 0. The molecule has 0 fully saturated rings. The summed E-state index contributed by atoms with van der Waals surface area (Å²) in [4.78, 5) is 9.36. The molecule has 0 bridgehead atoms. The molecule has 72 valence electrons. The minimum atomic E-state index is -0.0208. The first kappa shape index (κ1) is 30.8. The molecule has 0 spiro atoms. The third kappa shape index (κ3) is 395. The molecule has 0 unspecified atom stereocenters. The Morgan fingerprint density at radius 2 is 0.917 bits per heavy atom. The van der Waals surface area contributed by atoms with Crippen LogP contribution in [0.2, 0.25) is 0 Å². The maximum absolute atomic E-state index is 9.36. The summed E-state index contributed by atoms with van der Waals surface area (Å²) in [7, 11) is 0. The van der Waals surface area contributed by atoms with Crippen molar-refractivity contribution in [3.8, 4) is 0 Å². The number of carbonyl (C=O) groups is 1. The van der Waals surface area contributed by atoms with Crippen molar-refractivity contribution in [3.63, 3.8) is 0 Å². The third-order valence-electron chi connectivity index (χ3n) is 0. The lowest BCUT2D eigenvalue weighted by Gasteiger charge is -1.52. The van der Waals surface area contributed by atoms with Crippen molar-refractivity contribution in [3.05, 3.63) is 0 Å². The monoisotopic (exact) mass is 238 g/mol. The van der Waals surface area contributed by atoms with Gasteiger partial charge >= 0.3 is 0 Å². The molecule has 0 aliphatic heterocycles. The van der Waals surface area contributed by atoms with E-state index in [1.165, 1.54) is 6.92 Å². The molecule has 12 heavy (non-hydrogen) atoms. The van der Waals surface area contributed by atoms with Gasteiger partial charge in [-0.1, -0.05) is 0 Å². The molecule has 0 aliphatic rings. The Morgan fingerprint density at radius 3 is 0.917 bits per heavy atom. The van der Waals surface area contributed by atoms with E-state index in [1.54, 1.807) is 0 Å². The lowest BCUT2D eigenvalue weighted by molar-refractivity contribution is -0.108. The van der Waals surface area contributed by atoms with E-state index in [0.29, 0.717) is 0 Å². The minimum Gasteiger partial charge on any atom is -0.317 e. The molecule has 0 amide bonds. The Balaban J connectivity index is -0.0000000181. The second kappa shape index (κ2) is 229. The summed E-state index contributed by atoms with van der Waals surface area (Å²) in [6, 6.07) is 0. The Morgan fingerprint density at radius 1 is 0.917 bits per heavy atom. The van der Waals surface area contributed by atoms with E-state index >= 15 is 0 Å². The van der Waals surface area contributed by atoms with Crippen LogP contribution in [0.5, 0.6) is 0 Å². The highest BCUT2D eigenvalue weighted by Gasteiger charge is 1.66. The molecule has 0 aromatic heterocycles. The lowest BCUT2D eigenvalue weighted by atomic mass is 11.0. The van der Waals surface area contributed by atoms with Gasteiger partial charge in [0, 0.05) is 6.92 Å². The van der Waals surface area contributed by atoms with Crippen molar-refractivity contribution in [2.24, 2.45) is 0 Å². The summed E-state index contributed by atoms with van der Waals surface area (Å²) < 4.78 is -0.0208. The zero-order valence-electron chi connectivity index (χ0n) is 7.11. The van der Waals surface area contributed by atoms with E-state index in [2.05, 4.69) is 42.8 Å². The van der Waals surface area contributed by atoms with E-state index in [1.807, 2.05) is 0 Å². The second-order valence-electron chi connectivity index (χ2n) is 0.470. The fraction of sp³-hybridized carbons (Fsp3) is 0.167. The summed E-state index contributed by atoms with van der Waals surface area (Å²) in [5.74, 6) is 0. The molecule has 0 aromatic carbocycles. The number of carbonyl (C=O) groups excluding carboxylic acids is 1. The van der Waals surface area contributed by atoms with Gasteiger partial charge in [-0.25, -0.2) is 0 Å². The fourth-order valence-electron chi connectivity index (χ4n) is 0. The predicted octanol–water partition coefficient (Wildman–Crippen LogP) is 1.99. The van der Waals surface area contributed by atoms with Crippen LogP contribution in [0.1, 0.15) is 6.92 Å². The summed E-state index contributed by atoms with van der Waals surface area (Å²) in [5, 5.41) is 22.0. The topological polar surface area (TPSA) is 112 Å². The maximum Gasteiger partial charge on any atom is 0.194 e. The molecule has 0 saturated carbocycles. The Kier molecular flexibility index (Phi) is 587. The molecule has 0 heterocycles. The molecule has 0 saturated heterocycles. The van der Waals surface area contributed by atoms with Gasteiger partial charge in [-0.05, 0) is 42.8 Å². The molecular weight excluding hydrogens is 224 g/mol.